The van der Waals surface area contributed by atoms with Gasteiger partial charge in [0.15, 0.2) is 0 Å². The highest BCUT2D eigenvalue weighted by Gasteiger charge is 2.15. The minimum atomic E-state index is -0.845. The quantitative estimate of drug-likeness (QED) is 0.817. The Morgan fingerprint density at radius 2 is 2.29 bits per heavy atom. The molecule has 1 N–H and O–H groups in total. The number of benzene rings is 1. The van der Waals surface area contributed by atoms with Gasteiger partial charge in [0.05, 0.1) is 5.56 Å². The molecule has 0 aliphatic carbocycles. The van der Waals surface area contributed by atoms with Crippen LogP contribution in [0.15, 0.2) is 17.5 Å². The van der Waals surface area contributed by atoms with Gasteiger partial charge in [0, 0.05) is 8.27 Å². The van der Waals surface area contributed by atoms with Crippen LogP contribution in [0.3, 0.4) is 0 Å². The fourth-order valence-electron chi connectivity index (χ4n) is 1.50. The molecule has 72 valence electrons. The van der Waals surface area contributed by atoms with Crippen molar-refractivity contribution in [2.45, 2.75) is 6.92 Å². The van der Waals surface area contributed by atoms with E-state index in [-0.39, 0.29) is 0 Å². The van der Waals surface area contributed by atoms with E-state index in [2.05, 4.69) is 22.6 Å². The second kappa shape index (κ2) is 3.51. The van der Waals surface area contributed by atoms with E-state index in [0.29, 0.717) is 5.56 Å². The lowest BCUT2D eigenvalue weighted by atomic mass is 10.1. The molecule has 14 heavy (non-hydrogen) atoms. The number of hydrogen-bond acceptors (Lipinski definition) is 2. The Bertz CT molecular complexity index is 516. The van der Waals surface area contributed by atoms with Crippen LogP contribution in [0, 0.1) is 10.5 Å². The van der Waals surface area contributed by atoms with Gasteiger partial charge in [0.1, 0.15) is 0 Å². The molecular weight excluding hydrogens is 311 g/mol. The van der Waals surface area contributed by atoms with Gasteiger partial charge in [-0.05, 0) is 58.0 Å². The molecule has 0 fully saturated rings. The molecule has 1 aromatic heterocycles. The molecule has 0 bridgehead atoms. The van der Waals surface area contributed by atoms with Gasteiger partial charge >= 0.3 is 5.97 Å². The third-order valence-corrected chi connectivity index (χ3v) is 4.05. The van der Waals surface area contributed by atoms with E-state index in [1.165, 1.54) is 0 Å². The summed E-state index contributed by atoms with van der Waals surface area (Å²) in [6, 6.07) is 3.93. The Hall–Kier alpha value is -0.620. The maximum Gasteiger partial charge on any atom is 0.337 e. The molecule has 4 heteroatoms. The Labute approximate surface area is 98.7 Å². The summed E-state index contributed by atoms with van der Waals surface area (Å²) in [5, 5.41) is 12.2. The van der Waals surface area contributed by atoms with Crippen LogP contribution in [-0.4, -0.2) is 11.1 Å². The smallest absolute Gasteiger partial charge is 0.337 e. The lowest BCUT2D eigenvalue weighted by molar-refractivity contribution is 0.0695. The topological polar surface area (TPSA) is 37.3 Å². The zero-order chi connectivity index (χ0) is 10.3. The van der Waals surface area contributed by atoms with Crippen LogP contribution in [0.1, 0.15) is 15.9 Å². The number of carboxylic acid groups (broad SMARTS) is 1. The van der Waals surface area contributed by atoms with E-state index in [4.69, 9.17) is 5.11 Å². The van der Waals surface area contributed by atoms with Crippen molar-refractivity contribution in [1.29, 1.82) is 0 Å². The highest BCUT2D eigenvalue weighted by Crippen LogP contribution is 2.30. The molecule has 0 aliphatic heterocycles. The van der Waals surface area contributed by atoms with Crippen LogP contribution < -0.4 is 0 Å². The third-order valence-electron chi connectivity index (χ3n) is 2.15. The van der Waals surface area contributed by atoms with E-state index in [0.717, 1.165) is 19.2 Å². The third kappa shape index (κ3) is 1.42. The van der Waals surface area contributed by atoms with Crippen molar-refractivity contribution >= 4 is 50.0 Å². The van der Waals surface area contributed by atoms with Crippen molar-refractivity contribution < 1.29 is 9.90 Å². The largest absolute Gasteiger partial charge is 0.478 e. The summed E-state index contributed by atoms with van der Waals surface area (Å²) >= 11 is 3.66. The first-order valence-corrected chi connectivity index (χ1v) is 5.96. The molecule has 0 saturated carbocycles. The van der Waals surface area contributed by atoms with Crippen molar-refractivity contribution in [2.24, 2.45) is 0 Å². The highest BCUT2D eigenvalue weighted by molar-refractivity contribution is 14.1. The van der Waals surface area contributed by atoms with Crippen molar-refractivity contribution in [1.82, 2.24) is 0 Å². The van der Waals surface area contributed by atoms with Gasteiger partial charge in [-0.2, -0.15) is 0 Å². The maximum absolute atomic E-state index is 11.0. The first-order valence-electron chi connectivity index (χ1n) is 4.01. The number of carboxylic acids is 1. The second-order valence-corrected chi connectivity index (χ2v) is 5.08. The molecule has 0 spiro atoms. The summed E-state index contributed by atoms with van der Waals surface area (Å²) in [6.45, 7) is 1.87. The first kappa shape index (κ1) is 9.92. The molecule has 2 aromatic rings. The first-order chi connectivity index (χ1) is 6.61. The monoisotopic (exact) mass is 318 g/mol. The Morgan fingerprint density at radius 3 is 2.93 bits per heavy atom. The van der Waals surface area contributed by atoms with Crippen LogP contribution in [-0.2, 0) is 0 Å². The maximum atomic E-state index is 11.0. The van der Waals surface area contributed by atoms with E-state index >= 15 is 0 Å². The predicted molar refractivity (Wildman–Crippen MR) is 66.2 cm³/mol. The van der Waals surface area contributed by atoms with Crippen LogP contribution in [0.4, 0.5) is 0 Å². The van der Waals surface area contributed by atoms with Crippen LogP contribution >= 0.6 is 33.9 Å². The van der Waals surface area contributed by atoms with Gasteiger partial charge < -0.3 is 5.11 Å². The molecule has 0 amide bonds. The molecule has 0 saturated heterocycles. The normalized spacial score (nSPS) is 10.7. The van der Waals surface area contributed by atoms with Gasteiger partial charge in [-0.15, -0.1) is 11.3 Å². The summed E-state index contributed by atoms with van der Waals surface area (Å²) in [6.07, 6.45) is 0. The number of thiophene rings is 1. The average molecular weight is 318 g/mol. The van der Waals surface area contributed by atoms with E-state index in [9.17, 15) is 4.79 Å². The molecule has 0 unspecified atom stereocenters. The summed E-state index contributed by atoms with van der Waals surface area (Å²) < 4.78 is 1.88. The van der Waals surface area contributed by atoms with E-state index in [1.807, 2.05) is 24.4 Å². The van der Waals surface area contributed by atoms with Crippen LogP contribution in [0.5, 0.6) is 0 Å². The Morgan fingerprint density at radius 1 is 1.57 bits per heavy atom. The minimum absolute atomic E-state index is 0.431. The minimum Gasteiger partial charge on any atom is -0.478 e. The fourth-order valence-corrected chi connectivity index (χ4v) is 3.36. The summed E-state index contributed by atoms with van der Waals surface area (Å²) in [5.74, 6) is -0.845. The number of halogens is 1. The Balaban J connectivity index is 2.89. The number of hydrogen-bond donors (Lipinski definition) is 1. The Kier molecular flexibility index (Phi) is 2.48. The van der Waals surface area contributed by atoms with Gasteiger partial charge in [0.25, 0.3) is 0 Å². The molecular formula is C10H7IO2S. The molecule has 0 atom stereocenters. The van der Waals surface area contributed by atoms with Gasteiger partial charge in [-0.25, -0.2) is 4.79 Å². The second-order valence-electron chi connectivity index (χ2n) is 3.00. The molecule has 0 radical (unpaired) electrons. The van der Waals surface area contributed by atoms with E-state index < -0.39 is 5.97 Å². The predicted octanol–water partition coefficient (Wildman–Crippen LogP) is 3.51. The molecule has 0 aliphatic rings. The fraction of sp³-hybridized carbons (Fsp3) is 0.100. The lowest BCUT2D eigenvalue weighted by Gasteiger charge is -2.04. The number of rotatable bonds is 1. The lowest BCUT2D eigenvalue weighted by Crippen LogP contribution is -2.02. The number of aryl methyl sites for hydroxylation is 1. The zero-order valence-corrected chi connectivity index (χ0v) is 10.3. The summed E-state index contributed by atoms with van der Waals surface area (Å²) in [5.41, 5.74) is 1.30. The average Bonchev–Trinajstić information content (AvgIpc) is 2.50. The van der Waals surface area contributed by atoms with E-state index in [1.54, 1.807) is 11.3 Å². The van der Waals surface area contributed by atoms with Crippen molar-refractivity contribution in [3.63, 3.8) is 0 Å². The summed E-state index contributed by atoms with van der Waals surface area (Å²) in [4.78, 5) is 11.0. The number of fused-ring (bicyclic) bond motifs is 1. The van der Waals surface area contributed by atoms with Crippen molar-refractivity contribution in [3.8, 4) is 0 Å². The highest BCUT2D eigenvalue weighted by atomic mass is 127. The zero-order valence-electron chi connectivity index (χ0n) is 7.37. The van der Waals surface area contributed by atoms with Gasteiger partial charge in [-0.1, -0.05) is 0 Å². The summed E-state index contributed by atoms with van der Waals surface area (Å²) in [7, 11) is 0. The number of aromatic carboxylic acids is 1. The van der Waals surface area contributed by atoms with Crippen LogP contribution in [0.2, 0.25) is 0 Å². The standard InChI is InChI=1S/C10H7IO2S/c1-5-8(10(12)13)7(11)4-6-2-3-14-9(5)6/h2-4H,1H3,(H,12,13). The number of carbonyl (C=O) groups is 1. The molecule has 1 aromatic carbocycles. The molecule has 2 rings (SSSR count). The molecule has 2 nitrogen and oxygen atoms in total. The van der Waals surface area contributed by atoms with Crippen molar-refractivity contribution in [3.05, 3.63) is 32.2 Å². The SMILES string of the molecule is Cc1c(C(=O)O)c(I)cc2ccsc12. The molecule has 1 heterocycles. The van der Waals surface area contributed by atoms with Gasteiger partial charge in [0.2, 0.25) is 0 Å². The van der Waals surface area contributed by atoms with Crippen LogP contribution in [0.25, 0.3) is 10.1 Å². The van der Waals surface area contributed by atoms with Gasteiger partial charge in [-0.3, -0.25) is 0 Å². The van der Waals surface area contributed by atoms with Crippen molar-refractivity contribution in [2.75, 3.05) is 0 Å².